The molecule has 1 saturated heterocycles. The molecule has 2 rings (SSSR count). The summed E-state index contributed by atoms with van der Waals surface area (Å²) in [5.74, 6) is -0.161. The Labute approximate surface area is 117 Å². The second kappa shape index (κ2) is 5.34. The predicted octanol–water partition coefficient (Wildman–Crippen LogP) is 1.04. The van der Waals surface area contributed by atoms with Gasteiger partial charge in [-0.2, -0.15) is 4.37 Å². The summed E-state index contributed by atoms with van der Waals surface area (Å²) >= 11 is 1.26. The minimum absolute atomic E-state index is 0.256. The van der Waals surface area contributed by atoms with E-state index >= 15 is 0 Å². The molecule has 0 bridgehead atoms. The Morgan fingerprint density at radius 2 is 2.00 bits per heavy atom. The number of piperazine rings is 1. The SMILES string of the molecule is COC(=O)c1c(N)nsc1N1CC(C)N(C)C(C)C1. The van der Waals surface area contributed by atoms with E-state index in [-0.39, 0.29) is 5.82 Å². The fourth-order valence-electron chi connectivity index (χ4n) is 2.37. The van der Waals surface area contributed by atoms with E-state index < -0.39 is 5.97 Å². The third kappa shape index (κ3) is 2.52. The van der Waals surface area contributed by atoms with Gasteiger partial charge in [-0.25, -0.2) is 4.79 Å². The van der Waals surface area contributed by atoms with Gasteiger partial charge in [0.1, 0.15) is 10.6 Å². The van der Waals surface area contributed by atoms with E-state index in [2.05, 4.69) is 35.1 Å². The lowest BCUT2D eigenvalue weighted by molar-refractivity contribution is 0.0602. The molecule has 19 heavy (non-hydrogen) atoms. The molecule has 0 aromatic carbocycles. The van der Waals surface area contributed by atoms with Crippen LogP contribution in [0.4, 0.5) is 10.8 Å². The smallest absolute Gasteiger partial charge is 0.344 e. The van der Waals surface area contributed by atoms with Crippen molar-refractivity contribution in [2.75, 3.05) is 37.9 Å². The van der Waals surface area contributed by atoms with Crippen molar-refractivity contribution in [3.8, 4) is 0 Å². The Kier molecular flexibility index (Phi) is 3.96. The molecule has 0 saturated carbocycles. The summed E-state index contributed by atoms with van der Waals surface area (Å²) in [6, 6.07) is 0.829. The summed E-state index contributed by atoms with van der Waals surface area (Å²) in [6.45, 7) is 6.05. The van der Waals surface area contributed by atoms with Gasteiger partial charge in [0.25, 0.3) is 0 Å². The highest BCUT2D eigenvalue weighted by Crippen LogP contribution is 2.33. The van der Waals surface area contributed by atoms with Gasteiger partial charge in [-0.05, 0) is 32.4 Å². The first kappa shape index (κ1) is 14.1. The highest BCUT2D eigenvalue weighted by Gasteiger charge is 2.31. The summed E-state index contributed by atoms with van der Waals surface area (Å²) in [5.41, 5.74) is 6.18. The number of methoxy groups -OCH3 is 1. The van der Waals surface area contributed by atoms with Crippen LogP contribution in [0.15, 0.2) is 0 Å². The van der Waals surface area contributed by atoms with Crippen LogP contribution in [0.25, 0.3) is 0 Å². The number of nitrogens with zero attached hydrogens (tertiary/aromatic N) is 3. The number of hydrogen-bond acceptors (Lipinski definition) is 7. The van der Waals surface area contributed by atoms with Crippen LogP contribution >= 0.6 is 11.5 Å². The molecule has 1 aromatic heterocycles. The number of esters is 1. The number of aromatic nitrogens is 1. The zero-order chi connectivity index (χ0) is 14.2. The van der Waals surface area contributed by atoms with Crippen molar-refractivity contribution >= 4 is 28.3 Å². The van der Waals surface area contributed by atoms with Gasteiger partial charge in [-0.3, -0.25) is 4.90 Å². The van der Waals surface area contributed by atoms with Crippen LogP contribution in [0.2, 0.25) is 0 Å². The van der Waals surface area contributed by atoms with Gasteiger partial charge >= 0.3 is 5.97 Å². The van der Waals surface area contributed by atoms with Crippen molar-refractivity contribution in [3.63, 3.8) is 0 Å². The van der Waals surface area contributed by atoms with Gasteiger partial charge in [0, 0.05) is 25.2 Å². The molecule has 2 unspecified atom stereocenters. The van der Waals surface area contributed by atoms with Crippen molar-refractivity contribution in [1.29, 1.82) is 0 Å². The number of nitrogen functional groups attached to an aromatic ring is 1. The Hall–Kier alpha value is -1.34. The zero-order valence-electron chi connectivity index (χ0n) is 11.7. The van der Waals surface area contributed by atoms with E-state index in [0.717, 1.165) is 18.1 Å². The van der Waals surface area contributed by atoms with E-state index in [9.17, 15) is 4.79 Å². The number of nitrogens with two attached hydrogens (primary N) is 1. The third-order valence-electron chi connectivity index (χ3n) is 3.74. The van der Waals surface area contributed by atoms with E-state index in [4.69, 9.17) is 10.5 Å². The Morgan fingerprint density at radius 1 is 1.42 bits per heavy atom. The van der Waals surface area contributed by atoms with Crippen LogP contribution in [0.5, 0.6) is 0 Å². The number of ether oxygens (including phenoxy) is 1. The maximum absolute atomic E-state index is 11.8. The molecule has 0 amide bonds. The molecule has 1 fully saturated rings. The normalized spacial score (nSPS) is 24.5. The first-order valence-electron chi connectivity index (χ1n) is 6.26. The van der Waals surface area contributed by atoms with Crippen LogP contribution in [0.3, 0.4) is 0 Å². The minimum atomic E-state index is -0.416. The Balaban J connectivity index is 2.30. The third-order valence-corrected chi connectivity index (χ3v) is 4.66. The molecule has 0 spiro atoms. The van der Waals surface area contributed by atoms with Crippen molar-refractivity contribution in [3.05, 3.63) is 5.56 Å². The highest BCUT2D eigenvalue weighted by molar-refractivity contribution is 7.11. The molecule has 2 heterocycles. The average molecular weight is 284 g/mol. The molecule has 6 nitrogen and oxygen atoms in total. The number of carbonyl (C=O) groups excluding carboxylic acids is 1. The monoisotopic (exact) mass is 284 g/mol. The van der Waals surface area contributed by atoms with Crippen LogP contribution in [0, 0.1) is 0 Å². The van der Waals surface area contributed by atoms with Crippen molar-refractivity contribution in [2.24, 2.45) is 0 Å². The summed E-state index contributed by atoms with van der Waals surface area (Å²) in [6.07, 6.45) is 0. The lowest BCUT2D eigenvalue weighted by Gasteiger charge is -2.42. The highest BCUT2D eigenvalue weighted by atomic mass is 32.1. The van der Waals surface area contributed by atoms with Crippen LogP contribution in [0.1, 0.15) is 24.2 Å². The number of anilines is 2. The molecule has 2 atom stereocenters. The lowest BCUT2D eigenvalue weighted by atomic mass is 10.1. The maximum Gasteiger partial charge on any atom is 0.344 e. The average Bonchev–Trinajstić information content (AvgIpc) is 2.76. The number of hydrogen-bond donors (Lipinski definition) is 1. The molecule has 0 radical (unpaired) electrons. The molecular formula is C12H20N4O2S. The summed E-state index contributed by atoms with van der Waals surface area (Å²) < 4.78 is 8.89. The topological polar surface area (TPSA) is 71.7 Å². The summed E-state index contributed by atoms with van der Waals surface area (Å²) in [7, 11) is 3.48. The van der Waals surface area contributed by atoms with Gasteiger partial charge in [0.2, 0.25) is 0 Å². The van der Waals surface area contributed by atoms with Crippen LogP contribution in [-0.2, 0) is 4.74 Å². The Morgan fingerprint density at radius 3 is 2.53 bits per heavy atom. The molecule has 1 aromatic rings. The van der Waals surface area contributed by atoms with Gasteiger partial charge in [-0.1, -0.05) is 0 Å². The van der Waals surface area contributed by atoms with Gasteiger partial charge < -0.3 is 15.4 Å². The van der Waals surface area contributed by atoms with Crippen LogP contribution < -0.4 is 10.6 Å². The summed E-state index contributed by atoms with van der Waals surface area (Å²) in [5, 5.41) is 0.816. The lowest BCUT2D eigenvalue weighted by Crippen LogP contribution is -2.55. The first-order chi connectivity index (χ1) is 8.95. The van der Waals surface area contributed by atoms with E-state index in [0.29, 0.717) is 17.6 Å². The van der Waals surface area contributed by atoms with Crippen LogP contribution in [-0.4, -0.2) is 54.6 Å². The molecule has 1 aliphatic heterocycles. The molecule has 106 valence electrons. The number of rotatable bonds is 2. The number of likely N-dealkylation sites (N-methyl/N-ethyl adjacent to an activating group) is 1. The van der Waals surface area contributed by atoms with E-state index in [1.165, 1.54) is 18.6 Å². The van der Waals surface area contributed by atoms with Gasteiger partial charge in [0.05, 0.1) is 7.11 Å². The van der Waals surface area contributed by atoms with Gasteiger partial charge in [0.15, 0.2) is 5.82 Å². The standard InChI is InChI=1S/C12H20N4O2S/c1-7-5-16(6-8(2)15(7)3)11-9(12(17)18-4)10(13)14-19-11/h7-8H,5-6H2,1-4H3,(H2,13,14). The zero-order valence-corrected chi connectivity index (χ0v) is 12.5. The number of carbonyl (C=O) groups is 1. The quantitative estimate of drug-likeness (QED) is 0.818. The largest absolute Gasteiger partial charge is 0.465 e. The Bertz CT molecular complexity index is 464. The molecular weight excluding hydrogens is 264 g/mol. The van der Waals surface area contributed by atoms with Crippen molar-refractivity contribution < 1.29 is 9.53 Å². The van der Waals surface area contributed by atoms with E-state index in [1.807, 2.05) is 0 Å². The molecule has 7 heteroatoms. The second-order valence-electron chi connectivity index (χ2n) is 5.01. The van der Waals surface area contributed by atoms with Crippen molar-refractivity contribution in [1.82, 2.24) is 9.27 Å². The summed E-state index contributed by atoms with van der Waals surface area (Å²) in [4.78, 5) is 16.3. The van der Waals surface area contributed by atoms with Crippen molar-refractivity contribution in [2.45, 2.75) is 25.9 Å². The minimum Gasteiger partial charge on any atom is -0.465 e. The molecule has 2 N–H and O–H groups in total. The predicted molar refractivity (Wildman–Crippen MR) is 76.8 cm³/mol. The molecule has 0 aliphatic carbocycles. The van der Waals surface area contributed by atoms with Gasteiger partial charge in [-0.15, -0.1) is 0 Å². The molecule has 1 aliphatic rings. The fraction of sp³-hybridized carbons (Fsp3) is 0.667. The maximum atomic E-state index is 11.8. The fourth-order valence-corrected chi connectivity index (χ4v) is 3.19. The second-order valence-corrected chi connectivity index (χ2v) is 5.76. The van der Waals surface area contributed by atoms with E-state index in [1.54, 1.807) is 0 Å². The first-order valence-corrected chi connectivity index (χ1v) is 7.03.